The maximum absolute atomic E-state index is 12.7. The monoisotopic (exact) mass is 1160 g/mol. The molecular formula is C48H58N16O19. The number of carbonyl (C=O) groups excluding carboxylic acids is 11. The van der Waals surface area contributed by atoms with E-state index in [0.717, 1.165) is 75.9 Å². The normalized spacial score (nSPS) is 16.2. The van der Waals surface area contributed by atoms with Crippen molar-refractivity contribution < 1.29 is 73.6 Å². The molecule has 444 valence electrons. The molecule has 35 heteroatoms. The topological polar surface area (TPSA) is 466 Å². The molecule has 0 saturated carbocycles. The molecule has 12 rings (SSSR count). The predicted molar refractivity (Wildman–Crippen MR) is 281 cm³/mol. The van der Waals surface area contributed by atoms with Crippen LogP contribution in [0.5, 0.6) is 0 Å². The zero-order valence-corrected chi connectivity index (χ0v) is 44.2. The van der Waals surface area contributed by atoms with Gasteiger partial charge in [-0.1, -0.05) is 14.0 Å². The molecule has 0 aromatic carbocycles. The van der Waals surface area contributed by atoms with E-state index in [2.05, 4.69) is 49.1 Å². The summed E-state index contributed by atoms with van der Waals surface area (Å²) in [4.78, 5) is 192. The number of nitrogens with zero attached hydrogens (tertiary/aromatic N) is 8. The highest BCUT2D eigenvalue weighted by atomic mass is 16.5. The van der Waals surface area contributed by atoms with Crippen molar-refractivity contribution in [2.24, 2.45) is 0 Å². The zero-order chi connectivity index (χ0) is 61.2. The average molecular weight is 1160 g/mol. The van der Waals surface area contributed by atoms with Crippen LogP contribution >= 0.6 is 0 Å². The average Bonchev–Trinajstić information content (AvgIpc) is 3.43. The Morgan fingerprint density at radius 1 is 0.386 bits per heavy atom. The minimum atomic E-state index is -1.28. The van der Waals surface area contributed by atoms with Crippen LogP contribution < -0.4 is 64.8 Å². The Balaban J connectivity index is 0.000000352. The van der Waals surface area contributed by atoms with E-state index in [0.29, 0.717) is 0 Å². The Labute approximate surface area is 467 Å². The third-order valence-electron chi connectivity index (χ3n) is 11.9. The van der Waals surface area contributed by atoms with E-state index in [1.165, 1.54) is 33.8 Å². The van der Waals surface area contributed by atoms with Crippen LogP contribution in [0.1, 0.15) is 128 Å². The van der Waals surface area contributed by atoms with Gasteiger partial charge in [0.15, 0.2) is 0 Å². The molecule has 1 atom stereocenters. The van der Waals surface area contributed by atoms with Crippen LogP contribution in [0.3, 0.4) is 0 Å². The van der Waals surface area contributed by atoms with Gasteiger partial charge in [-0.3, -0.25) is 71.9 Å². The lowest BCUT2D eigenvalue weighted by Gasteiger charge is -2.30. The number of nitrogens with one attached hydrogen (secondary N) is 8. The molecule has 4 aromatic heterocycles. The standard InChI is InChI=1S/C24H28N8O9.C23H26N8O10.CH4/c1-12-16-5-7-18(31(40)23(16)38)21(36)27-13(2)28-22(37)19-8-6-17(24(39)32(19)41)20(35)26-10-30(15(4)34)11-29(9-25-12)14(3)33;1-11-26-18(34)14-4-6-16(30(40)22(14)38)20(36)24-8-28(12(2)32)10-29(13(3)33)9-25-21(37)17-7-5-15(19(35)27-11)23(39)31(17)41;/h5-8,13,25,40-41H,1,9-11H2,2-4H3,(H,26,35)(H,27,36)(H,28,37);4-7,11,40-41H,8-10H2,1-3H3,(H,24,36)(H,25,37)(H,26,34)(H,27,35);1H4. The van der Waals surface area contributed by atoms with E-state index in [-0.39, 0.29) is 50.9 Å². The first kappa shape index (κ1) is 64.2. The van der Waals surface area contributed by atoms with E-state index >= 15 is 0 Å². The third-order valence-corrected chi connectivity index (χ3v) is 11.9. The molecule has 83 heavy (non-hydrogen) atoms. The highest BCUT2D eigenvalue weighted by molar-refractivity contribution is 6.00. The second-order valence-electron chi connectivity index (χ2n) is 17.7. The summed E-state index contributed by atoms with van der Waals surface area (Å²) in [7, 11) is 0. The number of hydrogen-bond acceptors (Lipinski definition) is 20. The third kappa shape index (κ3) is 15.1. The molecule has 8 aliphatic rings. The summed E-state index contributed by atoms with van der Waals surface area (Å²) in [5, 5.41) is 59.9. The van der Waals surface area contributed by atoms with Crippen molar-refractivity contribution in [3.05, 3.63) is 142 Å². The van der Waals surface area contributed by atoms with Crippen molar-refractivity contribution in [2.75, 3.05) is 40.0 Å². The fraction of sp³-hybridized carbons (Fsp3) is 0.312. The Morgan fingerprint density at radius 3 is 0.940 bits per heavy atom. The van der Waals surface area contributed by atoms with Crippen LogP contribution in [0.15, 0.2) is 74.3 Å². The first-order chi connectivity index (χ1) is 38.4. The zero-order valence-electron chi connectivity index (χ0n) is 44.2. The lowest BCUT2D eigenvalue weighted by atomic mass is 10.2. The summed E-state index contributed by atoms with van der Waals surface area (Å²) in [6, 6.07) is 8.11. The van der Waals surface area contributed by atoms with Gasteiger partial charge in [0.2, 0.25) is 23.6 Å². The molecule has 1 unspecified atom stereocenters. The van der Waals surface area contributed by atoms with Gasteiger partial charge < -0.3 is 83.0 Å². The lowest BCUT2D eigenvalue weighted by Crippen LogP contribution is -2.51. The smallest absolute Gasteiger partial charge is 0.296 e. The summed E-state index contributed by atoms with van der Waals surface area (Å²) < 4.78 is -0.153. The highest BCUT2D eigenvalue weighted by Gasteiger charge is 2.28. The molecule has 11 amide bonds. The number of rotatable bonds is 0. The first-order valence-corrected chi connectivity index (χ1v) is 23.8. The molecule has 8 bridgehead atoms. The first-order valence-electron chi connectivity index (χ1n) is 23.8. The molecular weight excluding hydrogens is 1100 g/mol. The van der Waals surface area contributed by atoms with Crippen molar-refractivity contribution in [1.29, 1.82) is 0 Å². The van der Waals surface area contributed by atoms with Crippen molar-refractivity contribution >= 4 is 70.7 Å². The molecule has 12 N–H and O–H groups in total. The van der Waals surface area contributed by atoms with Crippen LogP contribution in [0.25, 0.3) is 5.70 Å². The highest BCUT2D eigenvalue weighted by Crippen LogP contribution is 2.09. The van der Waals surface area contributed by atoms with Gasteiger partial charge in [0, 0.05) is 33.4 Å². The molecule has 0 saturated heterocycles. The maximum atomic E-state index is 12.7. The fourth-order valence-corrected chi connectivity index (χ4v) is 7.23. The summed E-state index contributed by atoms with van der Waals surface area (Å²) >= 11 is 0. The molecule has 8 aliphatic heterocycles. The predicted octanol–water partition coefficient (Wildman–Crippen LogP) is -4.47. The Bertz CT molecular complexity index is 3360. The van der Waals surface area contributed by atoms with Crippen LogP contribution in [0.4, 0.5) is 0 Å². The molecule has 0 aliphatic carbocycles. The minimum absolute atomic E-state index is 0. The van der Waals surface area contributed by atoms with Gasteiger partial charge in [0.25, 0.3) is 63.6 Å². The second kappa shape index (κ2) is 27.0. The summed E-state index contributed by atoms with van der Waals surface area (Å²) in [5.74, 6) is -9.40. The number of aromatic nitrogens is 4. The van der Waals surface area contributed by atoms with E-state index < -0.39 is 166 Å². The molecule has 4 aromatic rings. The van der Waals surface area contributed by atoms with E-state index in [1.54, 1.807) is 0 Å². The van der Waals surface area contributed by atoms with Crippen LogP contribution in [-0.4, -0.2) is 177 Å². The summed E-state index contributed by atoms with van der Waals surface area (Å²) in [6.45, 7) is 8.50. The van der Waals surface area contributed by atoms with Gasteiger partial charge in [0.05, 0.1) is 57.9 Å². The van der Waals surface area contributed by atoms with Crippen LogP contribution in [0.2, 0.25) is 0 Å². The Hall–Kier alpha value is -11.3. The Morgan fingerprint density at radius 2 is 0.627 bits per heavy atom. The number of hydrogen-bond donors (Lipinski definition) is 12. The molecule has 0 fully saturated rings. The van der Waals surface area contributed by atoms with Crippen LogP contribution in [-0.2, 0) is 19.2 Å². The van der Waals surface area contributed by atoms with Crippen molar-refractivity contribution in [3.8, 4) is 0 Å². The lowest BCUT2D eigenvalue weighted by molar-refractivity contribution is -0.139. The van der Waals surface area contributed by atoms with Gasteiger partial charge >= 0.3 is 0 Å². The SMILES string of the molecule is C.C=C1NCN(C(C)=O)CN(C(C)=O)CNC(=O)c2ccc(n(O)c2=O)C(=O)NC(C)NC(=O)c2ccc1c(=O)n2O.CC(=O)N1CNC(=O)c2ccc(c(=O)n2O)C(=O)NC(C)NC(=O)c2ccc(n(O)c2=O)C(=O)NCN(C(C)=O)C1. The summed E-state index contributed by atoms with van der Waals surface area (Å²) in [6.07, 6.45) is -2.32. The molecule has 12 heterocycles. The summed E-state index contributed by atoms with van der Waals surface area (Å²) in [5.41, 5.74) is -9.02. The van der Waals surface area contributed by atoms with E-state index in [9.17, 15) is 92.7 Å². The quantitative estimate of drug-likeness (QED) is 0.0739. The fourth-order valence-electron chi connectivity index (χ4n) is 7.23. The number of amides is 11. The van der Waals surface area contributed by atoms with Crippen molar-refractivity contribution in [1.82, 2.24) is 81.1 Å². The Kier molecular flexibility index (Phi) is 20.9. The van der Waals surface area contributed by atoms with Crippen molar-refractivity contribution in [3.63, 3.8) is 0 Å². The van der Waals surface area contributed by atoms with Gasteiger partial charge in [-0.15, -0.1) is 18.9 Å². The van der Waals surface area contributed by atoms with Gasteiger partial charge in [0.1, 0.15) is 39.5 Å². The number of carbonyl (C=O) groups is 11. The largest absolute Gasteiger partial charge is 0.425 e. The minimum Gasteiger partial charge on any atom is -0.425 e. The van der Waals surface area contributed by atoms with Gasteiger partial charge in [-0.25, -0.2) is 0 Å². The van der Waals surface area contributed by atoms with Crippen LogP contribution in [0, 0.1) is 0 Å². The molecule has 35 nitrogen and oxygen atoms in total. The second-order valence-corrected chi connectivity index (χ2v) is 17.7. The van der Waals surface area contributed by atoms with Gasteiger partial charge in [-0.05, 0) is 62.4 Å². The van der Waals surface area contributed by atoms with Crippen molar-refractivity contribution in [2.45, 2.75) is 61.3 Å². The number of pyridine rings is 4. The maximum Gasteiger partial charge on any atom is 0.296 e. The molecule has 0 radical (unpaired) electrons. The van der Waals surface area contributed by atoms with Gasteiger partial charge in [-0.2, -0.15) is 0 Å². The molecule has 0 spiro atoms. The van der Waals surface area contributed by atoms with E-state index in [4.69, 9.17) is 0 Å². The van der Waals surface area contributed by atoms with E-state index in [1.807, 2.05) is 0 Å².